The number of amides is 2. The van der Waals surface area contributed by atoms with Gasteiger partial charge in [0.1, 0.15) is 0 Å². The number of alkyl halides is 3. The van der Waals surface area contributed by atoms with Gasteiger partial charge in [0, 0.05) is 25.2 Å². The van der Waals surface area contributed by atoms with Crippen LogP contribution in [0.3, 0.4) is 0 Å². The molecule has 0 saturated carbocycles. The monoisotopic (exact) mass is 367 g/mol. The molecule has 1 aromatic rings. The van der Waals surface area contributed by atoms with Crippen molar-refractivity contribution in [3.8, 4) is 0 Å². The molecule has 0 unspecified atom stereocenters. The number of hydrogen-bond acceptors (Lipinski definition) is 5. The van der Waals surface area contributed by atoms with E-state index in [1.165, 1.54) is 0 Å². The minimum Gasteiger partial charge on any atom is -0.354 e. The van der Waals surface area contributed by atoms with E-state index in [-0.39, 0.29) is 24.9 Å². The van der Waals surface area contributed by atoms with Crippen LogP contribution in [-0.2, 0) is 14.6 Å². The quantitative estimate of drug-likeness (QED) is 0.781. The molecule has 7 nitrogen and oxygen atoms in total. The highest BCUT2D eigenvalue weighted by molar-refractivity contribution is 7.92. The molecule has 0 saturated heterocycles. The van der Waals surface area contributed by atoms with Crippen molar-refractivity contribution in [2.24, 2.45) is 0 Å². The summed E-state index contributed by atoms with van der Waals surface area (Å²) in [6.07, 6.45) is 0.733. The van der Waals surface area contributed by atoms with E-state index >= 15 is 0 Å². The van der Waals surface area contributed by atoms with Crippen LogP contribution < -0.4 is 10.6 Å². The Morgan fingerprint density at radius 3 is 2.46 bits per heavy atom. The van der Waals surface area contributed by atoms with E-state index in [0.29, 0.717) is 0 Å². The Kier molecular flexibility index (Phi) is 6.29. The van der Waals surface area contributed by atoms with Crippen LogP contribution in [0.4, 0.5) is 13.2 Å². The van der Waals surface area contributed by atoms with E-state index in [1.54, 1.807) is 13.8 Å². The molecule has 1 aromatic heterocycles. The molecule has 2 N–H and O–H groups in total. The third-order valence-corrected chi connectivity index (χ3v) is 4.11. The molecule has 2 amide bonds. The van der Waals surface area contributed by atoms with Crippen molar-refractivity contribution in [3.63, 3.8) is 0 Å². The molecule has 0 spiro atoms. The molecule has 0 aliphatic rings. The largest absolute Gasteiger partial charge is 0.503 e. The van der Waals surface area contributed by atoms with E-state index in [9.17, 15) is 31.2 Å². The Morgan fingerprint density at radius 2 is 1.92 bits per heavy atom. The van der Waals surface area contributed by atoms with Gasteiger partial charge in [0.25, 0.3) is 15.7 Å². The predicted molar refractivity (Wildman–Crippen MR) is 77.7 cm³/mol. The van der Waals surface area contributed by atoms with Gasteiger partial charge in [-0.05, 0) is 26.0 Å². The SMILES string of the molecule is CC(C)NC(=O)CCNC(=O)c1cccnc1S(=O)(=O)C(F)(F)F. The predicted octanol–water partition coefficient (Wildman–Crippen LogP) is 1.02. The Labute approximate surface area is 136 Å². The summed E-state index contributed by atoms with van der Waals surface area (Å²) >= 11 is 0. The van der Waals surface area contributed by atoms with Crippen molar-refractivity contribution < 1.29 is 31.2 Å². The summed E-state index contributed by atoms with van der Waals surface area (Å²) in [6.45, 7) is 3.30. The first-order valence-electron chi connectivity index (χ1n) is 6.80. The van der Waals surface area contributed by atoms with Crippen LogP contribution in [0, 0.1) is 0 Å². The maximum absolute atomic E-state index is 12.6. The standard InChI is InChI=1S/C13H16F3N3O4S/c1-8(2)19-10(20)5-7-17-11(21)9-4-3-6-18-12(9)24(22,23)13(14,15)16/h3-4,6,8H,5,7H2,1-2H3,(H,17,21)(H,19,20). The summed E-state index contributed by atoms with van der Waals surface area (Å²) < 4.78 is 60.8. The molecular formula is C13H16F3N3O4S. The van der Waals surface area contributed by atoms with Crippen LogP contribution in [-0.4, -0.2) is 43.3 Å². The van der Waals surface area contributed by atoms with E-state index in [1.807, 2.05) is 0 Å². The molecule has 1 rings (SSSR count). The van der Waals surface area contributed by atoms with E-state index in [0.717, 1.165) is 18.3 Å². The van der Waals surface area contributed by atoms with Crippen LogP contribution in [0.25, 0.3) is 0 Å². The molecule has 0 fully saturated rings. The molecule has 24 heavy (non-hydrogen) atoms. The van der Waals surface area contributed by atoms with Gasteiger partial charge in [-0.25, -0.2) is 13.4 Å². The summed E-state index contributed by atoms with van der Waals surface area (Å²) in [6, 6.07) is 1.94. The number of rotatable bonds is 6. The number of nitrogens with one attached hydrogen (secondary N) is 2. The smallest absolute Gasteiger partial charge is 0.354 e. The van der Waals surface area contributed by atoms with Crippen molar-refractivity contribution in [2.75, 3.05) is 6.54 Å². The second-order valence-electron chi connectivity index (χ2n) is 5.03. The molecule has 0 aromatic carbocycles. The van der Waals surface area contributed by atoms with Gasteiger partial charge in [-0.1, -0.05) is 0 Å². The molecule has 1 heterocycles. The van der Waals surface area contributed by atoms with Crippen molar-refractivity contribution in [1.82, 2.24) is 15.6 Å². The van der Waals surface area contributed by atoms with Gasteiger partial charge in [0.05, 0.1) is 5.56 Å². The minimum absolute atomic E-state index is 0.102. The topological polar surface area (TPSA) is 105 Å². The van der Waals surface area contributed by atoms with Gasteiger partial charge in [0.15, 0.2) is 5.03 Å². The van der Waals surface area contributed by atoms with Crippen molar-refractivity contribution >= 4 is 21.7 Å². The fraction of sp³-hybridized carbons (Fsp3) is 0.462. The Balaban J connectivity index is 2.89. The Bertz CT molecular complexity index is 717. The molecule has 0 radical (unpaired) electrons. The number of aromatic nitrogens is 1. The van der Waals surface area contributed by atoms with Gasteiger partial charge in [0.2, 0.25) is 5.91 Å². The zero-order valence-corrected chi connectivity index (χ0v) is 13.7. The first-order chi connectivity index (χ1) is 11.0. The zero-order chi connectivity index (χ0) is 18.5. The summed E-state index contributed by atoms with van der Waals surface area (Å²) in [5.74, 6) is -1.43. The van der Waals surface area contributed by atoms with Crippen LogP contribution >= 0.6 is 0 Å². The van der Waals surface area contributed by atoms with Crippen LogP contribution in [0.5, 0.6) is 0 Å². The number of nitrogens with zero attached hydrogens (tertiary/aromatic N) is 1. The number of sulfone groups is 1. The normalized spacial score (nSPS) is 12.1. The van der Waals surface area contributed by atoms with Gasteiger partial charge in [-0.15, -0.1) is 0 Å². The lowest BCUT2D eigenvalue weighted by Crippen LogP contribution is -2.35. The van der Waals surface area contributed by atoms with Crippen molar-refractivity contribution in [2.45, 2.75) is 36.8 Å². The van der Waals surface area contributed by atoms with Crippen molar-refractivity contribution in [1.29, 1.82) is 0 Å². The molecular weight excluding hydrogens is 351 g/mol. The average Bonchev–Trinajstić information content (AvgIpc) is 2.45. The van der Waals surface area contributed by atoms with Crippen LogP contribution in [0.15, 0.2) is 23.4 Å². The number of carbonyl (C=O) groups excluding carboxylic acids is 2. The maximum atomic E-state index is 12.6. The lowest BCUT2D eigenvalue weighted by atomic mass is 10.2. The minimum atomic E-state index is -5.76. The first kappa shape index (κ1) is 19.9. The van der Waals surface area contributed by atoms with E-state index in [2.05, 4.69) is 15.6 Å². The number of carbonyl (C=O) groups is 2. The van der Waals surface area contributed by atoms with Gasteiger partial charge >= 0.3 is 5.51 Å². The van der Waals surface area contributed by atoms with Gasteiger partial charge in [-0.3, -0.25) is 9.59 Å². The molecule has 0 aliphatic carbocycles. The molecule has 0 bridgehead atoms. The summed E-state index contributed by atoms with van der Waals surface area (Å²) in [5.41, 5.74) is -6.31. The fourth-order valence-corrected chi connectivity index (χ4v) is 2.54. The molecule has 11 heteroatoms. The fourth-order valence-electron chi connectivity index (χ4n) is 1.67. The highest BCUT2D eigenvalue weighted by atomic mass is 32.2. The third kappa shape index (κ3) is 4.91. The molecule has 0 atom stereocenters. The molecule has 0 aliphatic heterocycles. The Hall–Kier alpha value is -2.17. The third-order valence-electron chi connectivity index (χ3n) is 2.66. The molecule has 134 valence electrons. The number of hydrogen-bond donors (Lipinski definition) is 2. The maximum Gasteiger partial charge on any atom is 0.503 e. The summed E-state index contributed by atoms with van der Waals surface area (Å²) in [5, 5.41) is 3.39. The van der Waals surface area contributed by atoms with Gasteiger partial charge in [-0.2, -0.15) is 13.2 Å². The number of halogens is 3. The first-order valence-corrected chi connectivity index (χ1v) is 8.29. The highest BCUT2D eigenvalue weighted by Crippen LogP contribution is 2.30. The van der Waals surface area contributed by atoms with Crippen molar-refractivity contribution in [3.05, 3.63) is 23.9 Å². The summed E-state index contributed by atoms with van der Waals surface area (Å²) in [4.78, 5) is 26.5. The van der Waals surface area contributed by atoms with Crippen LogP contribution in [0.2, 0.25) is 0 Å². The van der Waals surface area contributed by atoms with Gasteiger partial charge < -0.3 is 10.6 Å². The lowest BCUT2D eigenvalue weighted by Gasteiger charge is -2.12. The zero-order valence-electron chi connectivity index (χ0n) is 12.8. The van der Waals surface area contributed by atoms with E-state index in [4.69, 9.17) is 0 Å². The van der Waals surface area contributed by atoms with Crippen LogP contribution in [0.1, 0.15) is 30.6 Å². The van der Waals surface area contributed by atoms with E-state index < -0.39 is 31.8 Å². The summed E-state index contributed by atoms with van der Waals surface area (Å²) in [7, 11) is -5.76. The average molecular weight is 367 g/mol. The lowest BCUT2D eigenvalue weighted by molar-refractivity contribution is -0.121. The Morgan fingerprint density at radius 1 is 1.29 bits per heavy atom. The second kappa shape index (κ2) is 7.60. The number of pyridine rings is 1. The second-order valence-corrected chi connectivity index (χ2v) is 6.89. The highest BCUT2D eigenvalue weighted by Gasteiger charge is 2.49.